The van der Waals surface area contributed by atoms with Gasteiger partial charge in [0.1, 0.15) is 6.04 Å². The van der Waals surface area contributed by atoms with Crippen LogP contribution in [-0.4, -0.2) is 65.9 Å². The first kappa shape index (κ1) is 37.6. The van der Waals surface area contributed by atoms with E-state index in [4.69, 9.17) is 0 Å². The summed E-state index contributed by atoms with van der Waals surface area (Å²) >= 11 is 0. The molecule has 0 bridgehead atoms. The Morgan fingerprint density at radius 2 is 1.68 bits per heavy atom. The summed E-state index contributed by atoms with van der Waals surface area (Å²) in [6, 6.07) is 10.1. The van der Waals surface area contributed by atoms with Gasteiger partial charge < -0.3 is 5.11 Å². The van der Waals surface area contributed by atoms with Gasteiger partial charge in [-0.25, -0.2) is 16.8 Å². The van der Waals surface area contributed by atoms with E-state index in [0.717, 1.165) is 40.1 Å². The SMILES string of the molecule is CCS(=O)(=O)N(NC(=O)CCCCN(C(C)c1cccc(-c2ccncc2C)c1)S(=O)(=O)c1ccccc1C(F)(F)F)[C@@H](C)C(=O)O. The minimum atomic E-state index is -4.95. The minimum Gasteiger partial charge on any atom is -0.480 e. The molecule has 47 heavy (non-hydrogen) atoms. The van der Waals surface area contributed by atoms with Crippen molar-refractivity contribution < 1.29 is 44.7 Å². The average molecular weight is 699 g/mol. The molecular formula is C31H37F3N4O7S2. The van der Waals surface area contributed by atoms with Gasteiger partial charge in [-0.3, -0.25) is 20.0 Å². The Morgan fingerprint density at radius 1 is 1.00 bits per heavy atom. The van der Waals surface area contributed by atoms with Crippen LogP contribution in [0.3, 0.4) is 0 Å². The highest BCUT2D eigenvalue weighted by Crippen LogP contribution is 2.38. The topological polar surface area (TPSA) is 154 Å². The zero-order valence-corrected chi connectivity index (χ0v) is 27.9. The number of pyridine rings is 1. The Hall–Kier alpha value is -3.86. The number of amides is 1. The molecule has 2 aromatic carbocycles. The van der Waals surface area contributed by atoms with Gasteiger partial charge in [-0.2, -0.15) is 17.5 Å². The van der Waals surface area contributed by atoms with Crippen LogP contribution in [0.4, 0.5) is 13.2 Å². The second kappa shape index (κ2) is 15.4. The van der Waals surface area contributed by atoms with Gasteiger partial charge in [0.25, 0.3) is 0 Å². The number of unbranched alkanes of at least 4 members (excludes halogenated alkanes) is 1. The molecule has 0 aliphatic heterocycles. The van der Waals surface area contributed by atoms with E-state index in [0.29, 0.717) is 16.0 Å². The number of hydrogen-bond acceptors (Lipinski definition) is 7. The summed E-state index contributed by atoms with van der Waals surface area (Å²) < 4.78 is 95.9. The van der Waals surface area contributed by atoms with E-state index in [1.165, 1.54) is 13.0 Å². The van der Waals surface area contributed by atoms with E-state index in [9.17, 15) is 44.7 Å². The van der Waals surface area contributed by atoms with Crippen LogP contribution in [-0.2, 0) is 35.8 Å². The van der Waals surface area contributed by atoms with Crippen molar-refractivity contribution in [1.82, 2.24) is 19.1 Å². The van der Waals surface area contributed by atoms with Crippen molar-refractivity contribution in [2.45, 2.75) is 70.1 Å². The predicted molar refractivity (Wildman–Crippen MR) is 169 cm³/mol. The second-order valence-corrected chi connectivity index (χ2v) is 14.8. The van der Waals surface area contributed by atoms with E-state index >= 15 is 0 Å². The maximum Gasteiger partial charge on any atom is 0.417 e. The number of alkyl halides is 3. The Labute approximate surface area is 272 Å². The van der Waals surface area contributed by atoms with Crippen LogP contribution in [0.15, 0.2) is 71.9 Å². The number of carboxylic acids is 1. The zero-order valence-electron chi connectivity index (χ0n) is 26.2. The van der Waals surface area contributed by atoms with E-state index in [-0.39, 0.29) is 25.8 Å². The van der Waals surface area contributed by atoms with Crippen LogP contribution >= 0.6 is 0 Å². The normalized spacial score (nSPS) is 13.8. The third kappa shape index (κ3) is 9.15. The number of carbonyl (C=O) groups excluding carboxylic acids is 1. The molecule has 3 aromatic rings. The first-order valence-electron chi connectivity index (χ1n) is 14.6. The number of aliphatic carboxylic acids is 1. The Morgan fingerprint density at radius 3 is 2.30 bits per heavy atom. The fourth-order valence-corrected chi connectivity index (χ4v) is 7.85. The van der Waals surface area contributed by atoms with Crippen molar-refractivity contribution in [3.05, 3.63) is 83.7 Å². The highest BCUT2D eigenvalue weighted by molar-refractivity contribution is 7.89. The number of benzene rings is 2. The van der Waals surface area contributed by atoms with Gasteiger partial charge in [0.15, 0.2) is 0 Å². The summed E-state index contributed by atoms with van der Waals surface area (Å²) in [5.41, 5.74) is 3.74. The molecule has 0 spiro atoms. The standard InChI is InChI=1S/C31H37F3N4O7S2/c1-5-46(42,43)38(23(4)30(40)41)36-29(39)15-8-9-18-37(47(44,45)28-14-7-6-13-27(28)31(32,33)34)22(3)24-11-10-12-25(19-24)26-16-17-35-20-21(26)2/h6-7,10-14,16-17,19-20,22-23H,5,8-9,15,18H2,1-4H3,(H,36,39)(H,40,41)/t22?,23-/m0/s1. The monoisotopic (exact) mass is 698 g/mol. The maximum atomic E-state index is 14.0. The lowest BCUT2D eigenvalue weighted by Gasteiger charge is -2.30. The summed E-state index contributed by atoms with van der Waals surface area (Å²) in [6.07, 6.45) is -1.98. The number of aromatic nitrogens is 1. The van der Waals surface area contributed by atoms with Gasteiger partial charge in [0.2, 0.25) is 26.0 Å². The van der Waals surface area contributed by atoms with Crippen molar-refractivity contribution in [1.29, 1.82) is 0 Å². The highest BCUT2D eigenvalue weighted by atomic mass is 32.2. The largest absolute Gasteiger partial charge is 0.480 e. The van der Waals surface area contributed by atoms with Crippen molar-refractivity contribution in [3.8, 4) is 11.1 Å². The fraction of sp³-hybridized carbons (Fsp3) is 0.387. The molecule has 256 valence electrons. The predicted octanol–water partition coefficient (Wildman–Crippen LogP) is 5.15. The molecule has 2 N–H and O–H groups in total. The molecule has 3 rings (SSSR count). The van der Waals surface area contributed by atoms with Crippen molar-refractivity contribution in [3.63, 3.8) is 0 Å². The number of sulfonamides is 2. The molecule has 16 heteroatoms. The van der Waals surface area contributed by atoms with E-state index in [2.05, 4.69) is 10.4 Å². The number of aryl methyl sites for hydroxylation is 1. The van der Waals surface area contributed by atoms with Gasteiger partial charge in [-0.15, -0.1) is 0 Å². The molecule has 1 aromatic heterocycles. The lowest BCUT2D eigenvalue weighted by Crippen LogP contribution is -2.54. The van der Waals surface area contributed by atoms with E-state index in [1.54, 1.807) is 43.6 Å². The molecule has 0 fully saturated rings. The lowest BCUT2D eigenvalue weighted by molar-refractivity contribution is -0.142. The molecule has 1 unspecified atom stereocenters. The van der Waals surface area contributed by atoms with Gasteiger partial charge >= 0.3 is 12.1 Å². The quantitative estimate of drug-likeness (QED) is 0.163. The molecule has 0 aliphatic rings. The smallest absolute Gasteiger partial charge is 0.417 e. The average Bonchev–Trinajstić information content (AvgIpc) is 3.02. The van der Waals surface area contributed by atoms with Crippen molar-refractivity contribution in [2.24, 2.45) is 0 Å². The van der Waals surface area contributed by atoms with Gasteiger partial charge in [0, 0.05) is 31.4 Å². The summed E-state index contributed by atoms with van der Waals surface area (Å²) in [6.45, 7) is 5.50. The first-order valence-corrected chi connectivity index (χ1v) is 17.7. The zero-order chi connectivity index (χ0) is 35.2. The summed E-state index contributed by atoms with van der Waals surface area (Å²) in [5.74, 6) is -2.79. The Bertz CT molecular complexity index is 1800. The third-order valence-corrected chi connectivity index (χ3v) is 11.3. The number of hydrazine groups is 1. The van der Waals surface area contributed by atoms with Crippen LogP contribution in [0.5, 0.6) is 0 Å². The summed E-state index contributed by atoms with van der Waals surface area (Å²) in [4.78, 5) is 27.2. The van der Waals surface area contributed by atoms with Crippen LogP contribution in [0.1, 0.15) is 62.8 Å². The second-order valence-electron chi connectivity index (χ2n) is 10.8. The molecule has 0 aliphatic carbocycles. The van der Waals surface area contributed by atoms with Crippen LogP contribution < -0.4 is 5.43 Å². The number of nitrogens with zero attached hydrogens (tertiary/aromatic N) is 3. The third-order valence-electron chi connectivity index (χ3n) is 7.55. The summed E-state index contributed by atoms with van der Waals surface area (Å²) in [5, 5.41) is 9.29. The first-order chi connectivity index (χ1) is 21.9. The Balaban J connectivity index is 1.92. The number of nitrogens with one attached hydrogen (secondary N) is 1. The summed E-state index contributed by atoms with van der Waals surface area (Å²) in [7, 11) is -8.90. The minimum absolute atomic E-state index is 0.00318. The molecule has 0 saturated heterocycles. The molecule has 0 saturated carbocycles. The van der Waals surface area contributed by atoms with Gasteiger partial charge in [-0.1, -0.05) is 34.7 Å². The number of carboxylic acid groups (broad SMARTS) is 1. The van der Waals surface area contributed by atoms with Crippen molar-refractivity contribution >= 4 is 31.9 Å². The molecule has 1 heterocycles. The molecule has 11 nitrogen and oxygen atoms in total. The lowest BCUT2D eigenvalue weighted by atomic mass is 9.98. The van der Waals surface area contributed by atoms with Crippen molar-refractivity contribution in [2.75, 3.05) is 12.3 Å². The highest BCUT2D eigenvalue weighted by Gasteiger charge is 2.40. The Kier molecular flexibility index (Phi) is 12.3. The van der Waals surface area contributed by atoms with Gasteiger partial charge in [0.05, 0.1) is 16.2 Å². The number of rotatable bonds is 15. The van der Waals surface area contributed by atoms with Crippen LogP contribution in [0.25, 0.3) is 11.1 Å². The van der Waals surface area contributed by atoms with E-state index < -0.39 is 66.4 Å². The van der Waals surface area contributed by atoms with E-state index in [1.807, 2.05) is 13.0 Å². The molecule has 2 atom stereocenters. The number of hydrogen-bond donors (Lipinski definition) is 2. The maximum absolute atomic E-state index is 14.0. The number of carbonyl (C=O) groups is 2. The van der Waals surface area contributed by atoms with Crippen LogP contribution in [0, 0.1) is 6.92 Å². The van der Waals surface area contributed by atoms with Gasteiger partial charge in [-0.05, 0) is 87.1 Å². The van der Waals surface area contributed by atoms with Crippen LogP contribution in [0.2, 0.25) is 0 Å². The molecule has 0 radical (unpaired) electrons. The molecule has 1 amide bonds. The molecular weight excluding hydrogens is 661 g/mol. The fourth-order valence-electron chi connectivity index (χ4n) is 4.88. The number of halogens is 3.